The molecule has 3 N–H and O–H groups in total. The zero-order valence-corrected chi connectivity index (χ0v) is 24.2. The molecule has 0 radical (unpaired) electrons. The average molecular weight is 691 g/mol. The molecule has 3 rings (SSSR count). The Morgan fingerprint density at radius 1 is 0.870 bits per heavy atom. The fraction of sp³-hybridized carbons (Fsp3) is 0.625. The maximum Gasteiger partial charge on any atom is 0.490 e. The van der Waals surface area contributed by atoms with Crippen LogP contribution in [-0.2, 0) is 23.9 Å². The van der Waals surface area contributed by atoms with Crippen molar-refractivity contribution in [3.63, 3.8) is 0 Å². The number of carbonyl (C=O) groups is 4. The number of morpholine rings is 1. The molecule has 22 heteroatoms. The minimum absolute atomic E-state index is 0.0138. The van der Waals surface area contributed by atoms with Gasteiger partial charge in [-0.15, -0.1) is 0 Å². The van der Waals surface area contributed by atoms with Crippen molar-refractivity contribution in [1.29, 1.82) is 0 Å². The smallest absolute Gasteiger partial charge is 0.475 e. The molecular formula is C24H31F9N4O9. The van der Waals surface area contributed by atoms with Crippen LogP contribution < -0.4 is 0 Å². The van der Waals surface area contributed by atoms with E-state index in [0.717, 1.165) is 26.2 Å². The molecule has 46 heavy (non-hydrogen) atoms. The van der Waals surface area contributed by atoms with E-state index in [1.807, 2.05) is 11.0 Å². The van der Waals surface area contributed by atoms with Gasteiger partial charge in [0.25, 0.3) is 5.91 Å². The molecule has 0 saturated carbocycles. The number of amides is 1. The first kappa shape index (κ1) is 42.2. The quantitative estimate of drug-likeness (QED) is 0.394. The second kappa shape index (κ2) is 18.4. The molecule has 13 nitrogen and oxygen atoms in total. The Bertz CT molecular complexity index is 1060. The van der Waals surface area contributed by atoms with Gasteiger partial charge in [0.1, 0.15) is 5.60 Å². The Labute approximate surface area is 255 Å². The normalized spacial score (nSPS) is 18.9. The number of alkyl halides is 9. The number of carboxylic acid groups (broad SMARTS) is 3. The first-order chi connectivity index (χ1) is 20.9. The second-order valence-electron chi connectivity index (χ2n) is 9.54. The number of rotatable bonds is 4. The number of aliphatic carboxylic acids is 3. The number of nitrogens with zero attached hydrogens (tertiary/aromatic N) is 4. The molecule has 1 unspecified atom stereocenters. The molecule has 1 aromatic rings. The van der Waals surface area contributed by atoms with Crippen LogP contribution in [0.1, 0.15) is 10.4 Å². The van der Waals surface area contributed by atoms with Crippen molar-refractivity contribution in [3.05, 3.63) is 30.1 Å². The number of ether oxygens (including phenoxy) is 2. The van der Waals surface area contributed by atoms with Gasteiger partial charge in [-0.3, -0.25) is 14.7 Å². The number of carboxylic acids is 3. The molecular weight excluding hydrogens is 659 g/mol. The third kappa shape index (κ3) is 17.1. The van der Waals surface area contributed by atoms with Crippen LogP contribution in [0.5, 0.6) is 0 Å². The van der Waals surface area contributed by atoms with Gasteiger partial charge in [0.15, 0.2) is 0 Å². The van der Waals surface area contributed by atoms with Gasteiger partial charge in [0.2, 0.25) is 0 Å². The molecule has 0 aromatic carbocycles. The van der Waals surface area contributed by atoms with Crippen LogP contribution in [0.3, 0.4) is 0 Å². The molecule has 264 valence electrons. The number of halogens is 9. The molecule has 0 aliphatic carbocycles. The van der Waals surface area contributed by atoms with E-state index in [4.69, 9.17) is 39.2 Å². The lowest BCUT2D eigenvalue weighted by Gasteiger charge is -2.43. The Kier molecular flexibility index (Phi) is 16.9. The number of pyridine rings is 1. The summed E-state index contributed by atoms with van der Waals surface area (Å²) in [6.07, 6.45) is -11.9. The number of likely N-dealkylation sites (N-methyl/N-ethyl adjacent to an activating group) is 1. The summed E-state index contributed by atoms with van der Waals surface area (Å²) in [7, 11) is 4.16. The van der Waals surface area contributed by atoms with Gasteiger partial charge in [-0.05, 0) is 26.2 Å². The van der Waals surface area contributed by atoms with Gasteiger partial charge in [0.05, 0.1) is 31.9 Å². The topological polar surface area (TPSA) is 170 Å². The highest BCUT2D eigenvalue weighted by atomic mass is 19.4. The lowest BCUT2D eigenvalue weighted by Crippen LogP contribution is -2.60. The SMILES string of the molecule is CN(C)CCN1CCOCC2(C1)CN(C(=O)c1cccnc1)CCO2.O=C(O)C(F)(F)F.O=C(O)C(F)(F)F.O=C(O)C(F)(F)F. The van der Waals surface area contributed by atoms with Crippen molar-refractivity contribution in [3.8, 4) is 0 Å². The standard InChI is InChI=1S/C18H28N4O3.3C2HF3O2/c1-20(2)6-7-21-8-10-24-15-18(13-21)14-22(9-11-25-18)17(23)16-4-3-5-19-12-16;3*3-2(4,5)1(6)7/h3-5,12H,6-11,13-15H2,1-2H3;3*(H,6,7). The predicted molar refractivity (Wildman–Crippen MR) is 136 cm³/mol. The summed E-state index contributed by atoms with van der Waals surface area (Å²) in [6.45, 7) is 6.58. The number of hydrogen-bond donors (Lipinski definition) is 3. The Morgan fingerprint density at radius 3 is 1.78 bits per heavy atom. The lowest BCUT2D eigenvalue weighted by molar-refractivity contribution is -0.193. The van der Waals surface area contributed by atoms with E-state index in [9.17, 15) is 44.3 Å². The van der Waals surface area contributed by atoms with Crippen molar-refractivity contribution in [2.45, 2.75) is 24.1 Å². The molecule has 2 aliphatic rings. The Hall–Kier alpha value is -3.76. The van der Waals surface area contributed by atoms with Gasteiger partial charge < -0.3 is 34.6 Å². The highest BCUT2D eigenvalue weighted by molar-refractivity contribution is 5.94. The van der Waals surface area contributed by atoms with Crippen molar-refractivity contribution in [2.75, 3.05) is 73.2 Å². The minimum atomic E-state index is -5.08. The van der Waals surface area contributed by atoms with E-state index in [2.05, 4.69) is 28.9 Å². The van der Waals surface area contributed by atoms with Crippen LogP contribution >= 0.6 is 0 Å². The highest BCUT2D eigenvalue weighted by Crippen LogP contribution is 2.24. The Balaban J connectivity index is 0.000000786. The minimum Gasteiger partial charge on any atom is -0.475 e. The van der Waals surface area contributed by atoms with Crippen molar-refractivity contribution >= 4 is 23.8 Å². The summed E-state index contributed by atoms with van der Waals surface area (Å²) >= 11 is 0. The third-order valence-corrected chi connectivity index (χ3v) is 5.46. The summed E-state index contributed by atoms with van der Waals surface area (Å²) in [4.78, 5) is 50.0. The van der Waals surface area contributed by atoms with Crippen molar-refractivity contribution in [2.24, 2.45) is 0 Å². The van der Waals surface area contributed by atoms with Crippen LogP contribution in [0.2, 0.25) is 0 Å². The van der Waals surface area contributed by atoms with E-state index < -0.39 is 42.0 Å². The van der Waals surface area contributed by atoms with Crippen LogP contribution in [0.4, 0.5) is 39.5 Å². The zero-order chi connectivity index (χ0) is 35.9. The van der Waals surface area contributed by atoms with E-state index >= 15 is 0 Å². The van der Waals surface area contributed by atoms with Crippen LogP contribution in [-0.4, -0.2) is 156 Å². The van der Waals surface area contributed by atoms with Gasteiger partial charge in [-0.2, -0.15) is 39.5 Å². The fourth-order valence-corrected chi connectivity index (χ4v) is 3.39. The van der Waals surface area contributed by atoms with Gasteiger partial charge in [0, 0.05) is 45.1 Å². The number of carbonyl (C=O) groups excluding carboxylic acids is 1. The van der Waals surface area contributed by atoms with E-state index in [-0.39, 0.29) is 5.91 Å². The average Bonchev–Trinajstić information content (AvgIpc) is 3.13. The first-order valence-corrected chi connectivity index (χ1v) is 12.6. The van der Waals surface area contributed by atoms with Gasteiger partial charge in [-0.25, -0.2) is 14.4 Å². The molecule has 2 fully saturated rings. The first-order valence-electron chi connectivity index (χ1n) is 12.6. The molecule has 2 aliphatic heterocycles. The third-order valence-electron chi connectivity index (χ3n) is 5.46. The van der Waals surface area contributed by atoms with Crippen molar-refractivity contribution < 1.29 is 83.5 Å². The molecule has 1 spiro atoms. The lowest BCUT2D eigenvalue weighted by atomic mass is 10.0. The maximum atomic E-state index is 12.8. The second-order valence-corrected chi connectivity index (χ2v) is 9.54. The number of aromatic nitrogens is 1. The van der Waals surface area contributed by atoms with Crippen LogP contribution in [0.25, 0.3) is 0 Å². The van der Waals surface area contributed by atoms with E-state index in [1.165, 1.54) is 0 Å². The summed E-state index contributed by atoms with van der Waals surface area (Å²) in [6, 6.07) is 3.60. The largest absolute Gasteiger partial charge is 0.490 e. The van der Waals surface area contributed by atoms with Crippen LogP contribution in [0.15, 0.2) is 24.5 Å². The molecule has 1 amide bonds. The van der Waals surface area contributed by atoms with Crippen molar-refractivity contribution in [1.82, 2.24) is 19.7 Å². The molecule has 3 heterocycles. The summed E-state index contributed by atoms with van der Waals surface area (Å²) in [5, 5.41) is 21.4. The molecule has 1 aromatic heterocycles. The molecule has 2 saturated heterocycles. The summed E-state index contributed by atoms with van der Waals surface area (Å²) < 4.78 is 107. The van der Waals surface area contributed by atoms with Crippen LogP contribution in [0, 0.1) is 0 Å². The van der Waals surface area contributed by atoms with E-state index in [1.54, 1.807) is 18.5 Å². The summed E-state index contributed by atoms with van der Waals surface area (Å²) in [5.74, 6) is -8.26. The zero-order valence-electron chi connectivity index (χ0n) is 24.2. The fourth-order valence-electron chi connectivity index (χ4n) is 3.39. The van der Waals surface area contributed by atoms with E-state index in [0.29, 0.717) is 38.5 Å². The summed E-state index contributed by atoms with van der Waals surface area (Å²) in [5.41, 5.74) is 0.178. The van der Waals surface area contributed by atoms with Gasteiger partial charge in [-0.1, -0.05) is 0 Å². The maximum absolute atomic E-state index is 12.8. The molecule has 0 bridgehead atoms. The highest BCUT2D eigenvalue weighted by Gasteiger charge is 2.42. The predicted octanol–water partition coefficient (Wildman–Crippen LogP) is 2.09. The van der Waals surface area contributed by atoms with Gasteiger partial charge >= 0.3 is 36.4 Å². The molecule has 1 atom stereocenters. The Morgan fingerprint density at radius 2 is 1.37 bits per heavy atom. The monoisotopic (exact) mass is 690 g/mol. The number of hydrogen-bond acceptors (Lipinski definition) is 9.